The van der Waals surface area contributed by atoms with Gasteiger partial charge in [-0.05, 0) is 18.9 Å². The fourth-order valence-corrected chi connectivity index (χ4v) is 3.57. The Hall–Kier alpha value is -1.23. The van der Waals surface area contributed by atoms with Gasteiger partial charge in [0.15, 0.2) is 11.6 Å². The molecule has 0 aliphatic rings. The van der Waals surface area contributed by atoms with E-state index in [-0.39, 0.29) is 17.0 Å². The van der Waals surface area contributed by atoms with E-state index in [0.717, 1.165) is 18.4 Å². The molecule has 0 fully saturated rings. The van der Waals surface area contributed by atoms with Crippen molar-refractivity contribution in [3.8, 4) is 0 Å². The van der Waals surface area contributed by atoms with E-state index in [1.807, 2.05) is 23.9 Å². The fraction of sp³-hybridized carbons (Fsp3) is 0.609. The molecule has 0 spiro atoms. The lowest BCUT2D eigenvalue weighted by molar-refractivity contribution is -0.694. The number of nitrogens with zero attached hydrogens (tertiary/aromatic N) is 2. The van der Waals surface area contributed by atoms with Crippen molar-refractivity contribution in [1.82, 2.24) is 4.57 Å². The molecular weight excluding hydrogens is 422 g/mol. The Morgan fingerprint density at radius 3 is 2.14 bits per heavy atom. The molecule has 2 rings (SSSR count). The van der Waals surface area contributed by atoms with Crippen LogP contribution < -0.4 is 21.5 Å². The van der Waals surface area contributed by atoms with Crippen LogP contribution in [0.5, 0.6) is 0 Å². The molecular formula is C23H35BrF2N2. The van der Waals surface area contributed by atoms with E-state index in [2.05, 4.69) is 11.5 Å². The van der Waals surface area contributed by atoms with Gasteiger partial charge in [-0.1, -0.05) is 70.4 Å². The average molecular weight is 457 g/mol. The van der Waals surface area contributed by atoms with Crippen LogP contribution in [0.1, 0.15) is 82.5 Å². The molecule has 0 atom stereocenters. The van der Waals surface area contributed by atoms with Gasteiger partial charge in [0.05, 0.1) is 6.54 Å². The molecule has 2 aromatic rings. The first-order valence-corrected chi connectivity index (χ1v) is 10.6. The Kier molecular flexibility index (Phi) is 12.3. The number of benzene rings is 1. The number of halogens is 3. The lowest BCUT2D eigenvalue weighted by Crippen LogP contribution is -3.00. The van der Waals surface area contributed by atoms with Crippen LogP contribution in [0.15, 0.2) is 30.6 Å². The summed E-state index contributed by atoms with van der Waals surface area (Å²) >= 11 is 0. The van der Waals surface area contributed by atoms with Gasteiger partial charge in [0.25, 0.3) is 5.82 Å². The second-order valence-corrected chi connectivity index (χ2v) is 7.56. The van der Waals surface area contributed by atoms with Gasteiger partial charge in [-0.15, -0.1) is 0 Å². The zero-order valence-electron chi connectivity index (χ0n) is 17.4. The van der Waals surface area contributed by atoms with Crippen LogP contribution >= 0.6 is 0 Å². The zero-order valence-corrected chi connectivity index (χ0v) is 19.0. The summed E-state index contributed by atoms with van der Waals surface area (Å²) in [5, 5.41) is 0. The fourth-order valence-electron chi connectivity index (χ4n) is 3.57. The number of hydrogen-bond donors (Lipinski definition) is 0. The van der Waals surface area contributed by atoms with Crippen molar-refractivity contribution in [2.45, 2.75) is 91.1 Å². The first kappa shape index (κ1) is 24.8. The summed E-state index contributed by atoms with van der Waals surface area (Å²) in [6.07, 6.45) is 17.3. The SMILES string of the molecule is CCCCCCCCCCCCn1cc[n+](Cc2cccc(F)c2F)c1C.[Br-]. The van der Waals surface area contributed by atoms with Crippen LogP contribution in [-0.2, 0) is 13.1 Å². The lowest BCUT2D eigenvalue weighted by atomic mass is 10.1. The van der Waals surface area contributed by atoms with Crippen molar-refractivity contribution < 1.29 is 30.3 Å². The molecule has 1 aromatic carbocycles. The summed E-state index contributed by atoms with van der Waals surface area (Å²) in [6, 6.07) is 4.36. The normalized spacial score (nSPS) is 10.9. The summed E-state index contributed by atoms with van der Waals surface area (Å²) in [6.45, 7) is 5.64. The number of hydrogen-bond acceptors (Lipinski definition) is 0. The zero-order chi connectivity index (χ0) is 19.5. The van der Waals surface area contributed by atoms with Gasteiger partial charge in [-0.3, -0.25) is 0 Å². The van der Waals surface area contributed by atoms with Crippen molar-refractivity contribution in [2.24, 2.45) is 0 Å². The average Bonchev–Trinajstić information content (AvgIpc) is 3.00. The molecule has 0 saturated carbocycles. The minimum absolute atomic E-state index is 0. The topological polar surface area (TPSA) is 8.81 Å². The predicted molar refractivity (Wildman–Crippen MR) is 107 cm³/mol. The standard InChI is InChI=1S/C23H35F2N2.BrH/c1-3-4-5-6-7-8-9-10-11-12-16-26-17-18-27(20(26)2)19-21-14-13-15-22(24)23(21)25;/h13-15,17-18H,3-12,16,19H2,1-2H3;1H/q+1;/p-1. The predicted octanol–water partition coefficient (Wildman–Crippen LogP) is 3.34. The molecule has 0 aliphatic heterocycles. The van der Waals surface area contributed by atoms with Gasteiger partial charge in [-0.2, -0.15) is 0 Å². The summed E-state index contributed by atoms with van der Waals surface area (Å²) in [5.41, 5.74) is 0.389. The van der Waals surface area contributed by atoms with Crippen LogP contribution in [0.2, 0.25) is 0 Å². The highest BCUT2D eigenvalue weighted by Crippen LogP contribution is 2.13. The van der Waals surface area contributed by atoms with E-state index in [1.54, 1.807) is 12.1 Å². The molecule has 2 nitrogen and oxygen atoms in total. The van der Waals surface area contributed by atoms with Crippen molar-refractivity contribution in [3.63, 3.8) is 0 Å². The van der Waals surface area contributed by atoms with E-state index in [4.69, 9.17) is 0 Å². The maximum atomic E-state index is 13.9. The Morgan fingerprint density at radius 2 is 1.50 bits per heavy atom. The first-order valence-electron chi connectivity index (χ1n) is 10.6. The van der Waals surface area contributed by atoms with Gasteiger partial charge in [0.1, 0.15) is 18.9 Å². The lowest BCUT2D eigenvalue weighted by Gasteiger charge is -2.04. The Morgan fingerprint density at radius 1 is 0.893 bits per heavy atom. The summed E-state index contributed by atoms with van der Waals surface area (Å²) in [7, 11) is 0. The largest absolute Gasteiger partial charge is 1.00 e. The van der Waals surface area contributed by atoms with E-state index in [1.165, 1.54) is 64.2 Å². The summed E-state index contributed by atoms with van der Waals surface area (Å²) in [5.74, 6) is -0.447. The van der Waals surface area contributed by atoms with Gasteiger partial charge < -0.3 is 17.0 Å². The van der Waals surface area contributed by atoms with Crippen LogP contribution in [0.4, 0.5) is 8.78 Å². The second kappa shape index (κ2) is 13.9. The molecule has 28 heavy (non-hydrogen) atoms. The summed E-state index contributed by atoms with van der Waals surface area (Å²) < 4.78 is 31.4. The summed E-state index contributed by atoms with van der Waals surface area (Å²) in [4.78, 5) is 0. The van der Waals surface area contributed by atoms with Crippen LogP contribution in [0.25, 0.3) is 0 Å². The molecule has 0 N–H and O–H groups in total. The molecule has 158 valence electrons. The first-order chi connectivity index (χ1) is 13.1. The van der Waals surface area contributed by atoms with E-state index in [9.17, 15) is 8.78 Å². The molecule has 0 radical (unpaired) electrons. The van der Waals surface area contributed by atoms with Gasteiger partial charge in [0.2, 0.25) is 0 Å². The number of rotatable bonds is 13. The van der Waals surface area contributed by atoms with E-state index >= 15 is 0 Å². The Balaban J connectivity index is 0.00000392. The highest BCUT2D eigenvalue weighted by atomic mass is 79.9. The number of aromatic nitrogens is 2. The van der Waals surface area contributed by atoms with E-state index < -0.39 is 11.6 Å². The maximum Gasteiger partial charge on any atom is 0.253 e. The third-order valence-electron chi connectivity index (χ3n) is 5.38. The molecule has 5 heteroatoms. The minimum Gasteiger partial charge on any atom is -1.00 e. The van der Waals surface area contributed by atoms with Gasteiger partial charge in [-0.25, -0.2) is 17.9 Å². The van der Waals surface area contributed by atoms with Crippen molar-refractivity contribution in [1.29, 1.82) is 0 Å². The molecule has 0 unspecified atom stereocenters. The van der Waals surface area contributed by atoms with Crippen molar-refractivity contribution >= 4 is 0 Å². The molecule has 0 aliphatic carbocycles. The second-order valence-electron chi connectivity index (χ2n) is 7.56. The third-order valence-corrected chi connectivity index (χ3v) is 5.38. The Bertz CT molecular complexity index is 685. The van der Waals surface area contributed by atoms with Gasteiger partial charge >= 0.3 is 0 Å². The molecule has 1 aromatic heterocycles. The monoisotopic (exact) mass is 456 g/mol. The molecule has 1 heterocycles. The van der Waals surface area contributed by atoms with E-state index in [0.29, 0.717) is 12.1 Å². The minimum atomic E-state index is -0.782. The number of unbranched alkanes of at least 4 members (excludes halogenated alkanes) is 9. The Labute approximate surface area is 179 Å². The molecule has 0 bridgehead atoms. The third kappa shape index (κ3) is 8.02. The molecule has 0 saturated heterocycles. The van der Waals surface area contributed by atoms with Gasteiger partial charge in [0, 0.05) is 12.5 Å². The highest BCUT2D eigenvalue weighted by molar-refractivity contribution is 5.17. The van der Waals surface area contributed by atoms with Crippen LogP contribution in [0, 0.1) is 18.6 Å². The maximum absolute atomic E-state index is 13.9. The smallest absolute Gasteiger partial charge is 0.253 e. The van der Waals surface area contributed by atoms with Crippen molar-refractivity contribution in [2.75, 3.05) is 0 Å². The number of aryl methyl sites for hydroxylation is 1. The quantitative estimate of drug-likeness (QED) is 0.322. The van der Waals surface area contributed by atoms with Crippen LogP contribution in [-0.4, -0.2) is 4.57 Å². The highest BCUT2D eigenvalue weighted by Gasteiger charge is 2.15. The van der Waals surface area contributed by atoms with Crippen molar-refractivity contribution in [3.05, 3.63) is 53.6 Å². The molecule has 0 amide bonds. The van der Waals surface area contributed by atoms with Crippen LogP contribution in [0.3, 0.4) is 0 Å². The number of imidazole rings is 1.